The van der Waals surface area contributed by atoms with Gasteiger partial charge in [-0.2, -0.15) is 0 Å². The Morgan fingerprint density at radius 3 is 2.69 bits per heavy atom. The van der Waals surface area contributed by atoms with Crippen LogP contribution in [0.25, 0.3) is 0 Å². The quantitative estimate of drug-likeness (QED) is 0.697. The van der Waals surface area contributed by atoms with E-state index in [1.165, 1.54) is 0 Å². The Kier molecular flexibility index (Phi) is 3.45. The van der Waals surface area contributed by atoms with Crippen LogP contribution in [0, 0.1) is 5.41 Å². The minimum atomic E-state index is -0.223. The third-order valence-corrected chi connectivity index (χ3v) is 2.27. The van der Waals surface area contributed by atoms with Gasteiger partial charge < -0.3 is 10.1 Å². The van der Waals surface area contributed by atoms with Gasteiger partial charge in [-0.15, -0.1) is 0 Å². The Morgan fingerprint density at radius 1 is 1.54 bits per heavy atom. The van der Waals surface area contributed by atoms with Gasteiger partial charge in [0.15, 0.2) is 0 Å². The zero-order valence-electron chi connectivity index (χ0n) is 8.72. The van der Waals surface area contributed by atoms with E-state index in [-0.39, 0.29) is 11.5 Å². The molecular formula is C10H19NO2. The van der Waals surface area contributed by atoms with Gasteiger partial charge in [0, 0.05) is 24.4 Å². The molecule has 0 aromatic carbocycles. The summed E-state index contributed by atoms with van der Waals surface area (Å²) >= 11 is 0. The highest BCUT2D eigenvalue weighted by Gasteiger charge is 2.25. The summed E-state index contributed by atoms with van der Waals surface area (Å²) in [6.07, 6.45) is 0.587. The molecule has 0 aromatic rings. The fraction of sp³-hybridized carbons (Fsp3) is 0.900. The van der Waals surface area contributed by atoms with E-state index in [2.05, 4.69) is 5.32 Å². The number of nitrogens with one attached hydrogen (secondary N) is 1. The van der Waals surface area contributed by atoms with E-state index in [4.69, 9.17) is 4.74 Å². The first-order valence-electron chi connectivity index (χ1n) is 4.84. The zero-order chi connectivity index (χ0) is 9.90. The highest BCUT2D eigenvalue weighted by molar-refractivity contribution is 5.84. The van der Waals surface area contributed by atoms with E-state index >= 15 is 0 Å². The van der Waals surface area contributed by atoms with Crippen molar-refractivity contribution in [3.63, 3.8) is 0 Å². The van der Waals surface area contributed by atoms with Gasteiger partial charge in [0.2, 0.25) is 0 Å². The highest BCUT2D eigenvalue weighted by Crippen LogP contribution is 2.18. The van der Waals surface area contributed by atoms with Crippen molar-refractivity contribution in [1.29, 1.82) is 0 Å². The Balaban J connectivity index is 2.35. The predicted molar refractivity (Wildman–Crippen MR) is 51.7 cm³/mol. The van der Waals surface area contributed by atoms with Crippen molar-refractivity contribution in [2.24, 2.45) is 5.41 Å². The van der Waals surface area contributed by atoms with Gasteiger partial charge in [-0.3, -0.25) is 4.79 Å². The second-order valence-corrected chi connectivity index (χ2v) is 4.60. The van der Waals surface area contributed by atoms with Crippen molar-refractivity contribution in [3.05, 3.63) is 0 Å². The fourth-order valence-corrected chi connectivity index (χ4v) is 1.28. The zero-order valence-corrected chi connectivity index (χ0v) is 8.72. The Labute approximate surface area is 79.8 Å². The maximum absolute atomic E-state index is 11.6. The molecule has 0 aliphatic carbocycles. The molecule has 0 saturated carbocycles. The van der Waals surface area contributed by atoms with Gasteiger partial charge in [-0.25, -0.2) is 0 Å². The lowest BCUT2D eigenvalue weighted by Gasteiger charge is -2.26. The van der Waals surface area contributed by atoms with Crippen LogP contribution in [0.2, 0.25) is 0 Å². The standard InChI is InChI=1S/C10H19NO2/c1-10(2,3)9(12)6-8-7-13-5-4-11-8/h8,11H,4-7H2,1-3H3. The average molecular weight is 185 g/mol. The monoisotopic (exact) mass is 185 g/mol. The molecule has 1 saturated heterocycles. The van der Waals surface area contributed by atoms with Crippen LogP contribution in [-0.2, 0) is 9.53 Å². The Bertz CT molecular complexity index is 178. The van der Waals surface area contributed by atoms with Crippen LogP contribution in [-0.4, -0.2) is 31.6 Å². The summed E-state index contributed by atoms with van der Waals surface area (Å²) in [5, 5.41) is 3.28. The van der Waals surface area contributed by atoms with Crippen molar-refractivity contribution >= 4 is 5.78 Å². The maximum atomic E-state index is 11.6. The van der Waals surface area contributed by atoms with E-state index in [1.807, 2.05) is 20.8 Å². The molecule has 76 valence electrons. The molecule has 0 bridgehead atoms. The van der Waals surface area contributed by atoms with E-state index < -0.39 is 0 Å². The van der Waals surface area contributed by atoms with E-state index in [9.17, 15) is 4.79 Å². The van der Waals surface area contributed by atoms with Crippen LogP contribution >= 0.6 is 0 Å². The normalized spacial score (nSPS) is 24.4. The number of ketones is 1. The van der Waals surface area contributed by atoms with Gasteiger partial charge in [-0.1, -0.05) is 20.8 Å². The molecule has 1 N–H and O–H groups in total. The number of ether oxygens (including phenoxy) is 1. The number of Topliss-reactive ketones (excluding diaryl/α,β-unsaturated/α-hetero) is 1. The third kappa shape index (κ3) is 3.44. The Hall–Kier alpha value is -0.410. The van der Waals surface area contributed by atoms with E-state index in [0.717, 1.165) is 13.2 Å². The molecule has 1 rings (SSSR count). The molecule has 3 nitrogen and oxygen atoms in total. The maximum Gasteiger partial charge on any atom is 0.139 e. The first kappa shape index (κ1) is 10.7. The fourth-order valence-electron chi connectivity index (χ4n) is 1.28. The first-order valence-corrected chi connectivity index (χ1v) is 4.84. The molecule has 1 aliphatic heterocycles. The molecular weight excluding hydrogens is 166 g/mol. The molecule has 3 heteroatoms. The Morgan fingerprint density at radius 2 is 2.23 bits per heavy atom. The molecule has 13 heavy (non-hydrogen) atoms. The number of carbonyl (C=O) groups excluding carboxylic acids is 1. The van der Waals surface area contributed by atoms with Crippen LogP contribution in [0.1, 0.15) is 27.2 Å². The van der Waals surface area contributed by atoms with Crippen LogP contribution < -0.4 is 5.32 Å². The second-order valence-electron chi connectivity index (χ2n) is 4.60. The van der Waals surface area contributed by atoms with Crippen molar-refractivity contribution in [1.82, 2.24) is 5.32 Å². The summed E-state index contributed by atoms with van der Waals surface area (Å²) in [7, 11) is 0. The van der Waals surface area contributed by atoms with E-state index in [0.29, 0.717) is 18.8 Å². The van der Waals surface area contributed by atoms with Crippen LogP contribution in [0.15, 0.2) is 0 Å². The smallest absolute Gasteiger partial charge is 0.139 e. The van der Waals surface area contributed by atoms with Crippen molar-refractivity contribution < 1.29 is 9.53 Å². The van der Waals surface area contributed by atoms with Crippen molar-refractivity contribution in [3.8, 4) is 0 Å². The summed E-state index contributed by atoms with van der Waals surface area (Å²) in [6.45, 7) is 8.17. The minimum Gasteiger partial charge on any atom is -0.379 e. The predicted octanol–water partition coefficient (Wildman–Crippen LogP) is 0.980. The van der Waals surface area contributed by atoms with Gasteiger partial charge in [0.1, 0.15) is 5.78 Å². The lowest BCUT2D eigenvalue weighted by atomic mass is 9.87. The van der Waals surface area contributed by atoms with Gasteiger partial charge >= 0.3 is 0 Å². The van der Waals surface area contributed by atoms with E-state index in [1.54, 1.807) is 0 Å². The SMILES string of the molecule is CC(C)(C)C(=O)CC1COCCN1. The molecule has 0 amide bonds. The molecule has 0 radical (unpaired) electrons. The minimum absolute atomic E-state index is 0.223. The van der Waals surface area contributed by atoms with Gasteiger partial charge in [-0.05, 0) is 0 Å². The number of hydrogen-bond donors (Lipinski definition) is 1. The van der Waals surface area contributed by atoms with Crippen molar-refractivity contribution in [2.75, 3.05) is 19.8 Å². The largest absolute Gasteiger partial charge is 0.379 e. The summed E-state index contributed by atoms with van der Waals surface area (Å²) in [4.78, 5) is 11.6. The second kappa shape index (κ2) is 4.20. The number of morpholine rings is 1. The topological polar surface area (TPSA) is 38.3 Å². The van der Waals surface area contributed by atoms with Crippen molar-refractivity contribution in [2.45, 2.75) is 33.2 Å². The molecule has 0 spiro atoms. The van der Waals surface area contributed by atoms with Gasteiger partial charge in [0.25, 0.3) is 0 Å². The molecule has 1 atom stereocenters. The van der Waals surface area contributed by atoms with Crippen LogP contribution in [0.5, 0.6) is 0 Å². The summed E-state index contributed by atoms with van der Waals surface area (Å²) in [5.74, 6) is 0.301. The molecule has 0 aromatic heterocycles. The summed E-state index contributed by atoms with van der Waals surface area (Å²) in [6, 6.07) is 0.223. The lowest BCUT2D eigenvalue weighted by molar-refractivity contribution is -0.127. The molecule has 1 aliphatic rings. The summed E-state index contributed by atoms with van der Waals surface area (Å²) < 4.78 is 5.28. The highest BCUT2D eigenvalue weighted by atomic mass is 16.5. The number of rotatable bonds is 2. The summed E-state index contributed by atoms with van der Waals surface area (Å²) in [5.41, 5.74) is -0.223. The lowest BCUT2D eigenvalue weighted by Crippen LogP contribution is -2.43. The molecule has 1 heterocycles. The first-order chi connectivity index (χ1) is 6.00. The van der Waals surface area contributed by atoms with Crippen LogP contribution in [0.3, 0.4) is 0 Å². The van der Waals surface area contributed by atoms with Gasteiger partial charge in [0.05, 0.1) is 13.2 Å². The molecule has 1 unspecified atom stereocenters. The third-order valence-electron chi connectivity index (χ3n) is 2.27. The number of carbonyl (C=O) groups is 1. The number of hydrogen-bond acceptors (Lipinski definition) is 3. The molecule has 1 fully saturated rings. The van der Waals surface area contributed by atoms with Crippen LogP contribution in [0.4, 0.5) is 0 Å². The average Bonchev–Trinajstić information content (AvgIpc) is 2.04.